The lowest BCUT2D eigenvalue weighted by Gasteiger charge is -2.09. The number of halogens is 1. The molecule has 82 valence electrons. The molecule has 15 heavy (non-hydrogen) atoms. The number of allylic oxidation sites excluding steroid dienone is 1. The van der Waals surface area contributed by atoms with Crippen molar-refractivity contribution >= 4 is 0 Å². The third-order valence-electron chi connectivity index (χ3n) is 2.04. The third-order valence-corrected chi connectivity index (χ3v) is 2.04. The molecule has 0 heterocycles. The number of ether oxygens (including phenoxy) is 1. The molecule has 0 aromatic heterocycles. The number of benzene rings is 1. The minimum atomic E-state index is -0.317. The summed E-state index contributed by atoms with van der Waals surface area (Å²) in [4.78, 5) is 0. The molecule has 3 heteroatoms. The Hall–Kier alpha value is -1.35. The Balaban J connectivity index is 2.73. The van der Waals surface area contributed by atoms with E-state index in [4.69, 9.17) is 10.5 Å². The summed E-state index contributed by atoms with van der Waals surface area (Å²) in [5.41, 5.74) is 6.10. The Morgan fingerprint density at radius 2 is 2.27 bits per heavy atom. The summed E-state index contributed by atoms with van der Waals surface area (Å²) < 4.78 is 18.7. The zero-order valence-corrected chi connectivity index (χ0v) is 9.03. The molecular formula is C12H16FNO. The molecular weight excluding hydrogens is 193 g/mol. The van der Waals surface area contributed by atoms with E-state index in [1.165, 1.54) is 6.07 Å². The van der Waals surface area contributed by atoms with Gasteiger partial charge in [0, 0.05) is 17.7 Å². The van der Waals surface area contributed by atoms with Crippen LogP contribution >= 0.6 is 0 Å². The summed E-state index contributed by atoms with van der Waals surface area (Å²) >= 11 is 0. The highest BCUT2D eigenvalue weighted by Gasteiger charge is 2.07. The van der Waals surface area contributed by atoms with Crippen LogP contribution in [0.5, 0.6) is 5.75 Å². The van der Waals surface area contributed by atoms with Crippen LogP contribution in [-0.2, 0) is 0 Å². The molecule has 0 aliphatic rings. The number of hydrogen-bond acceptors (Lipinski definition) is 2. The van der Waals surface area contributed by atoms with E-state index in [2.05, 4.69) is 0 Å². The van der Waals surface area contributed by atoms with E-state index >= 15 is 0 Å². The second kappa shape index (κ2) is 5.51. The van der Waals surface area contributed by atoms with E-state index in [0.717, 1.165) is 0 Å². The zero-order valence-electron chi connectivity index (χ0n) is 9.03. The van der Waals surface area contributed by atoms with Crippen LogP contribution in [0.4, 0.5) is 4.39 Å². The Morgan fingerprint density at radius 1 is 1.53 bits per heavy atom. The zero-order chi connectivity index (χ0) is 11.3. The molecule has 2 N–H and O–H groups in total. The first-order valence-corrected chi connectivity index (χ1v) is 4.94. The van der Waals surface area contributed by atoms with Crippen molar-refractivity contribution in [2.24, 2.45) is 5.73 Å². The smallest absolute Gasteiger partial charge is 0.131 e. The van der Waals surface area contributed by atoms with Crippen LogP contribution < -0.4 is 10.5 Å². The second-order valence-electron chi connectivity index (χ2n) is 3.35. The molecule has 0 unspecified atom stereocenters. The quantitative estimate of drug-likeness (QED) is 0.774. The molecule has 0 spiro atoms. The lowest BCUT2D eigenvalue weighted by Crippen LogP contribution is -2.07. The second-order valence-corrected chi connectivity index (χ2v) is 3.35. The first-order valence-electron chi connectivity index (χ1n) is 4.94. The highest BCUT2D eigenvalue weighted by atomic mass is 19.1. The molecule has 0 aliphatic heterocycles. The molecule has 2 nitrogen and oxygen atoms in total. The van der Waals surface area contributed by atoms with E-state index in [1.54, 1.807) is 19.1 Å². The van der Waals surface area contributed by atoms with E-state index < -0.39 is 0 Å². The van der Waals surface area contributed by atoms with Crippen molar-refractivity contribution in [3.8, 4) is 5.75 Å². The van der Waals surface area contributed by atoms with Gasteiger partial charge in [-0.05, 0) is 19.9 Å². The summed E-state index contributed by atoms with van der Waals surface area (Å²) in [5, 5.41) is 0. The maximum Gasteiger partial charge on any atom is 0.131 e. The highest BCUT2D eigenvalue weighted by molar-refractivity contribution is 5.30. The lowest BCUT2D eigenvalue weighted by atomic mass is 10.1. The number of rotatable bonds is 4. The summed E-state index contributed by atoms with van der Waals surface area (Å²) in [6.45, 7) is 4.11. The predicted octanol–water partition coefficient (Wildman–Crippen LogP) is 2.80. The predicted molar refractivity (Wildman–Crippen MR) is 59.3 cm³/mol. The van der Waals surface area contributed by atoms with Crippen molar-refractivity contribution in [2.45, 2.75) is 19.9 Å². The molecule has 1 rings (SSSR count). The van der Waals surface area contributed by atoms with Gasteiger partial charge >= 0.3 is 0 Å². The van der Waals surface area contributed by atoms with Gasteiger partial charge in [0.15, 0.2) is 0 Å². The fourth-order valence-electron chi connectivity index (χ4n) is 1.21. The van der Waals surface area contributed by atoms with E-state index in [1.807, 2.05) is 19.1 Å². The third kappa shape index (κ3) is 3.36. The van der Waals surface area contributed by atoms with Crippen LogP contribution in [0.1, 0.15) is 25.5 Å². The molecule has 1 atom stereocenters. The summed E-state index contributed by atoms with van der Waals surface area (Å²) in [6.07, 6.45) is 3.74. The highest BCUT2D eigenvalue weighted by Crippen LogP contribution is 2.20. The fraction of sp³-hybridized carbons (Fsp3) is 0.333. The minimum Gasteiger partial charge on any atom is -0.489 e. The summed E-state index contributed by atoms with van der Waals surface area (Å²) in [6, 6.07) is 4.45. The van der Waals surface area contributed by atoms with E-state index in [9.17, 15) is 4.39 Å². The summed E-state index contributed by atoms with van der Waals surface area (Å²) in [5.74, 6) is 0.206. The normalized spacial score (nSPS) is 13.1. The van der Waals surface area contributed by atoms with Crippen molar-refractivity contribution in [2.75, 3.05) is 6.61 Å². The fourth-order valence-corrected chi connectivity index (χ4v) is 1.21. The number of nitrogens with two attached hydrogens (primary N) is 1. The van der Waals surface area contributed by atoms with Gasteiger partial charge < -0.3 is 10.5 Å². The van der Waals surface area contributed by atoms with Gasteiger partial charge in [-0.25, -0.2) is 4.39 Å². The van der Waals surface area contributed by atoms with Crippen LogP contribution in [0.15, 0.2) is 30.4 Å². The molecule has 1 aromatic carbocycles. The Kier molecular flexibility index (Phi) is 4.31. The average molecular weight is 209 g/mol. The molecule has 0 bridgehead atoms. The molecule has 0 saturated carbocycles. The van der Waals surface area contributed by atoms with E-state index in [0.29, 0.717) is 17.9 Å². The summed E-state index contributed by atoms with van der Waals surface area (Å²) in [7, 11) is 0. The van der Waals surface area contributed by atoms with Gasteiger partial charge in [-0.3, -0.25) is 0 Å². The topological polar surface area (TPSA) is 35.2 Å². The van der Waals surface area contributed by atoms with Crippen LogP contribution in [0, 0.1) is 5.82 Å². The molecule has 1 aromatic rings. The van der Waals surface area contributed by atoms with Crippen LogP contribution in [0.25, 0.3) is 0 Å². The van der Waals surface area contributed by atoms with Gasteiger partial charge in [-0.1, -0.05) is 18.2 Å². The van der Waals surface area contributed by atoms with Gasteiger partial charge in [0.05, 0.1) is 0 Å². The SMILES string of the molecule is C/C=C/COc1ccc([C@H](C)N)c(F)c1. The van der Waals surface area contributed by atoms with Crippen LogP contribution in [-0.4, -0.2) is 6.61 Å². The van der Waals surface area contributed by atoms with Crippen molar-refractivity contribution in [3.63, 3.8) is 0 Å². The van der Waals surface area contributed by atoms with Gasteiger partial charge in [-0.15, -0.1) is 0 Å². The van der Waals surface area contributed by atoms with Crippen molar-refractivity contribution in [1.82, 2.24) is 0 Å². The van der Waals surface area contributed by atoms with Crippen molar-refractivity contribution < 1.29 is 9.13 Å². The van der Waals surface area contributed by atoms with Crippen molar-refractivity contribution in [1.29, 1.82) is 0 Å². The lowest BCUT2D eigenvalue weighted by molar-refractivity contribution is 0.360. The van der Waals surface area contributed by atoms with Crippen LogP contribution in [0.3, 0.4) is 0 Å². The molecule has 0 radical (unpaired) electrons. The molecule has 0 saturated heterocycles. The first kappa shape index (κ1) is 11.7. The van der Waals surface area contributed by atoms with Crippen molar-refractivity contribution in [3.05, 3.63) is 41.7 Å². The molecule has 0 fully saturated rings. The average Bonchev–Trinajstić information content (AvgIpc) is 2.17. The molecule has 0 amide bonds. The van der Waals surface area contributed by atoms with E-state index in [-0.39, 0.29) is 11.9 Å². The Bertz CT molecular complexity index is 347. The first-order chi connectivity index (χ1) is 7.15. The van der Waals surface area contributed by atoms with Gasteiger partial charge in [0.1, 0.15) is 18.2 Å². The maximum atomic E-state index is 13.4. The van der Waals surface area contributed by atoms with Gasteiger partial charge in [0.2, 0.25) is 0 Å². The van der Waals surface area contributed by atoms with Crippen LogP contribution in [0.2, 0.25) is 0 Å². The number of hydrogen-bond donors (Lipinski definition) is 1. The molecule has 0 aliphatic carbocycles. The minimum absolute atomic E-state index is 0.297. The standard InChI is InChI=1S/C12H16FNO/c1-3-4-7-15-10-5-6-11(9(2)14)12(13)8-10/h3-6,8-9H,7,14H2,1-2H3/b4-3+/t9-/m0/s1. The maximum absolute atomic E-state index is 13.4. The van der Waals surface area contributed by atoms with Gasteiger partial charge in [-0.2, -0.15) is 0 Å². The largest absolute Gasteiger partial charge is 0.489 e. The Morgan fingerprint density at radius 3 is 2.80 bits per heavy atom. The van der Waals surface area contributed by atoms with Gasteiger partial charge in [0.25, 0.3) is 0 Å². The Labute approximate surface area is 89.6 Å². The monoisotopic (exact) mass is 209 g/mol.